The summed E-state index contributed by atoms with van der Waals surface area (Å²) in [5.41, 5.74) is 5.96. The fourth-order valence-electron chi connectivity index (χ4n) is 3.18. The summed E-state index contributed by atoms with van der Waals surface area (Å²) in [6.07, 6.45) is 1.10. The van der Waals surface area contributed by atoms with Gasteiger partial charge in [0.1, 0.15) is 0 Å². The lowest BCUT2D eigenvalue weighted by Crippen LogP contribution is -2.26. The van der Waals surface area contributed by atoms with E-state index < -0.39 is 0 Å². The lowest BCUT2D eigenvalue weighted by molar-refractivity contribution is -0.130. The highest BCUT2D eigenvalue weighted by atomic mass is 35.5. The van der Waals surface area contributed by atoms with Crippen LogP contribution in [0.15, 0.2) is 30.3 Å². The molecule has 0 fully saturated rings. The van der Waals surface area contributed by atoms with Crippen LogP contribution in [0.25, 0.3) is 5.65 Å². The van der Waals surface area contributed by atoms with Crippen molar-refractivity contribution in [2.45, 2.75) is 40.2 Å². The molecule has 0 aliphatic rings. The predicted octanol–water partition coefficient (Wildman–Crippen LogP) is 3.90. The van der Waals surface area contributed by atoms with Gasteiger partial charge in [-0.1, -0.05) is 23.7 Å². The van der Waals surface area contributed by atoms with E-state index in [-0.39, 0.29) is 5.91 Å². The number of amides is 1. The van der Waals surface area contributed by atoms with Gasteiger partial charge in [-0.2, -0.15) is 5.10 Å². The van der Waals surface area contributed by atoms with Crippen molar-refractivity contribution in [3.8, 4) is 0 Å². The Morgan fingerprint density at radius 2 is 1.88 bits per heavy atom. The lowest BCUT2D eigenvalue weighted by atomic mass is 10.1. The van der Waals surface area contributed by atoms with Crippen LogP contribution in [0.3, 0.4) is 0 Å². The number of benzene rings is 1. The number of nitrogens with zero attached hydrogens (tertiary/aromatic N) is 4. The van der Waals surface area contributed by atoms with E-state index in [2.05, 4.69) is 10.1 Å². The molecule has 2 heterocycles. The molecule has 2 aromatic heterocycles. The van der Waals surface area contributed by atoms with E-state index in [4.69, 9.17) is 11.6 Å². The molecule has 0 bridgehead atoms. The molecule has 0 saturated heterocycles. The predicted molar refractivity (Wildman–Crippen MR) is 103 cm³/mol. The number of fused-ring (bicyclic) bond motifs is 1. The molecular formula is C20H23ClN4O. The lowest BCUT2D eigenvalue weighted by Gasteiger charge is -2.18. The van der Waals surface area contributed by atoms with Gasteiger partial charge in [0.05, 0.1) is 5.69 Å². The van der Waals surface area contributed by atoms with Crippen LogP contribution in [0, 0.1) is 20.8 Å². The molecule has 0 radical (unpaired) electrons. The molecule has 6 heteroatoms. The molecule has 0 aliphatic carbocycles. The Bertz CT molecular complexity index is 947. The quantitative estimate of drug-likeness (QED) is 0.684. The summed E-state index contributed by atoms with van der Waals surface area (Å²) < 4.78 is 1.86. The fourth-order valence-corrected chi connectivity index (χ4v) is 3.30. The molecule has 3 aromatic rings. The highest BCUT2D eigenvalue weighted by molar-refractivity contribution is 6.30. The van der Waals surface area contributed by atoms with Gasteiger partial charge in [0.15, 0.2) is 5.65 Å². The Labute approximate surface area is 158 Å². The average Bonchev–Trinajstić information content (AvgIpc) is 2.97. The van der Waals surface area contributed by atoms with Gasteiger partial charge in [0.2, 0.25) is 5.91 Å². The number of rotatable bonds is 5. The summed E-state index contributed by atoms with van der Waals surface area (Å²) in [4.78, 5) is 18.9. The van der Waals surface area contributed by atoms with Crippen LogP contribution in [0.5, 0.6) is 0 Å². The van der Waals surface area contributed by atoms with Crippen molar-refractivity contribution < 1.29 is 4.79 Å². The van der Waals surface area contributed by atoms with Crippen molar-refractivity contribution in [3.05, 3.63) is 63.6 Å². The molecule has 136 valence electrons. The molecule has 0 spiro atoms. The van der Waals surface area contributed by atoms with Crippen molar-refractivity contribution in [2.75, 3.05) is 7.05 Å². The van der Waals surface area contributed by atoms with Crippen molar-refractivity contribution in [1.29, 1.82) is 0 Å². The minimum atomic E-state index is 0.107. The van der Waals surface area contributed by atoms with Crippen LogP contribution in [0.1, 0.15) is 34.6 Å². The van der Waals surface area contributed by atoms with E-state index >= 15 is 0 Å². The van der Waals surface area contributed by atoms with Crippen molar-refractivity contribution in [2.24, 2.45) is 0 Å². The van der Waals surface area contributed by atoms with E-state index in [0.717, 1.165) is 33.9 Å². The third-order valence-corrected chi connectivity index (χ3v) is 4.89. The molecule has 0 aliphatic heterocycles. The van der Waals surface area contributed by atoms with Gasteiger partial charge >= 0.3 is 0 Å². The maximum absolute atomic E-state index is 12.5. The monoisotopic (exact) mass is 370 g/mol. The van der Waals surface area contributed by atoms with E-state index in [0.29, 0.717) is 24.4 Å². The molecule has 5 nitrogen and oxygen atoms in total. The first-order valence-corrected chi connectivity index (χ1v) is 9.04. The number of hydrogen-bond acceptors (Lipinski definition) is 3. The van der Waals surface area contributed by atoms with E-state index in [9.17, 15) is 4.79 Å². The first kappa shape index (κ1) is 18.4. The van der Waals surface area contributed by atoms with Gasteiger partial charge < -0.3 is 4.90 Å². The minimum absolute atomic E-state index is 0.107. The zero-order chi connectivity index (χ0) is 18.8. The Morgan fingerprint density at radius 3 is 2.58 bits per heavy atom. The smallest absolute Gasteiger partial charge is 0.222 e. The zero-order valence-electron chi connectivity index (χ0n) is 15.6. The second-order valence-corrected chi connectivity index (χ2v) is 7.13. The van der Waals surface area contributed by atoms with Gasteiger partial charge in [-0.05, 0) is 50.5 Å². The van der Waals surface area contributed by atoms with Crippen LogP contribution in [-0.4, -0.2) is 32.5 Å². The van der Waals surface area contributed by atoms with E-state index in [1.807, 2.05) is 62.7 Å². The van der Waals surface area contributed by atoms with E-state index in [1.54, 1.807) is 4.90 Å². The third-order valence-electron chi connectivity index (χ3n) is 4.63. The first-order chi connectivity index (χ1) is 12.3. The Hall–Kier alpha value is -2.40. The molecule has 0 saturated carbocycles. The molecule has 1 amide bonds. The van der Waals surface area contributed by atoms with Crippen molar-refractivity contribution >= 4 is 23.2 Å². The van der Waals surface area contributed by atoms with Crippen LogP contribution >= 0.6 is 11.6 Å². The van der Waals surface area contributed by atoms with E-state index in [1.165, 1.54) is 0 Å². The third kappa shape index (κ3) is 3.88. The molecule has 0 unspecified atom stereocenters. The minimum Gasteiger partial charge on any atom is -0.341 e. The van der Waals surface area contributed by atoms with Crippen LogP contribution in [0.4, 0.5) is 0 Å². The van der Waals surface area contributed by atoms with Crippen LogP contribution in [-0.2, 0) is 17.8 Å². The number of aryl methyl sites for hydroxylation is 3. The largest absolute Gasteiger partial charge is 0.341 e. The van der Waals surface area contributed by atoms with Gasteiger partial charge in [-0.25, -0.2) is 9.50 Å². The van der Waals surface area contributed by atoms with Crippen molar-refractivity contribution in [1.82, 2.24) is 19.5 Å². The second kappa shape index (κ2) is 7.46. The average molecular weight is 371 g/mol. The highest BCUT2D eigenvalue weighted by Gasteiger charge is 2.15. The van der Waals surface area contributed by atoms with Crippen LogP contribution in [0.2, 0.25) is 5.02 Å². The Kier molecular flexibility index (Phi) is 5.28. The Balaban J connectivity index is 1.69. The summed E-state index contributed by atoms with van der Waals surface area (Å²) in [7, 11) is 1.83. The fraction of sp³-hybridized carbons (Fsp3) is 0.350. The van der Waals surface area contributed by atoms with Crippen LogP contribution < -0.4 is 0 Å². The maximum Gasteiger partial charge on any atom is 0.222 e. The molecule has 0 N–H and O–H groups in total. The highest BCUT2D eigenvalue weighted by Crippen LogP contribution is 2.18. The number of carbonyl (C=O) groups is 1. The van der Waals surface area contributed by atoms with Crippen molar-refractivity contribution in [3.63, 3.8) is 0 Å². The summed E-state index contributed by atoms with van der Waals surface area (Å²) in [6, 6.07) is 9.54. The number of hydrogen-bond donors (Lipinski definition) is 0. The SMILES string of the molecule is Cc1cc2nc(C)c(CCC(=O)N(C)Cc3ccc(Cl)cc3)c(C)n2n1. The standard InChI is InChI=1S/C20H23ClN4O/c1-13-11-19-22-14(2)18(15(3)25(19)23-13)9-10-20(26)24(4)12-16-5-7-17(21)8-6-16/h5-8,11H,9-10,12H2,1-4H3. The summed E-state index contributed by atoms with van der Waals surface area (Å²) in [5, 5.41) is 5.19. The number of aromatic nitrogens is 3. The number of carbonyl (C=O) groups excluding carboxylic acids is 1. The zero-order valence-corrected chi connectivity index (χ0v) is 16.3. The summed E-state index contributed by atoms with van der Waals surface area (Å²) in [5.74, 6) is 0.107. The summed E-state index contributed by atoms with van der Waals surface area (Å²) in [6.45, 7) is 6.56. The van der Waals surface area contributed by atoms with Gasteiger partial charge in [-0.15, -0.1) is 0 Å². The number of halogens is 1. The normalized spacial score (nSPS) is 11.1. The van der Waals surface area contributed by atoms with Gasteiger partial charge in [0, 0.05) is 42.5 Å². The molecular weight excluding hydrogens is 348 g/mol. The topological polar surface area (TPSA) is 50.5 Å². The molecule has 1 aromatic carbocycles. The van der Waals surface area contributed by atoms with Gasteiger partial charge in [-0.3, -0.25) is 4.79 Å². The van der Waals surface area contributed by atoms with Gasteiger partial charge in [0.25, 0.3) is 0 Å². The summed E-state index contributed by atoms with van der Waals surface area (Å²) >= 11 is 5.91. The second-order valence-electron chi connectivity index (χ2n) is 6.69. The first-order valence-electron chi connectivity index (χ1n) is 8.66. The maximum atomic E-state index is 12.5. The molecule has 3 rings (SSSR count). The molecule has 0 atom stereocenters. The Morgan fingerprint density at radius 1 is 1.19 bits per heavy atom. The molecule has 26 heavy (non-hydrogen) atoms.